The van der Waals surface area contributed by atoms with Gasteiger partial charge in [-0.25, -0.2) is 13.2 Å². The van der Waals surface area contributed by atoms with Gasteiger partial charge in [0.25, 0.3) is 0 Å². The maximum atomic E-state index is 11.5. The SMILES string of the molecule is CC(C)(C)OC(=O)NC1CC(C(=O)O)S(=O)(=O)C1. The normalized spacial score (nSPS) is 26.6. The Labute approximate surface area is 105 Å². The number of hydrogen-bond donors (Lipinski definition) is 2. The summed E-state index contributed by atoms with van der Waals surface area (Å²) >= 11 is 0. The number of rotatable bonds is 2. The molecule has 0 spiro atoms. The minimum atomic E-state index is -3.69. The molecule has 1 fully saturated rings. The van der Waals surface area contributed by atoms with Crippen LogP contribution < -0.4 is 5.32 Å². The Balaban J connectivity index is 2.63. The van der Waals surface area contributed by atoms with Crippen molar-refractivity contribution in [2.45, 2.75) is 44.1 Å². The minimum absolute atomic E-state index is 0.128. The predicted octanol–water partition coefficient (Wildman–Crippen LogP) is 0.151. The Bertz CT molecular complexity index is 449. The molecule has 1 heterocycles. The van der Waals surface area contributed by atoms with Crippen LogP contribution in [0.15, 0.2) is 0 Å². The highest BCUT2D eigenvalue weighted by atomic mass is 32.2. The molecule has 104 valence electrons. The average molecular weight is 279 g/mol. The van der Waals surface area contributed by atoms with E-state index in [2.05, 4.69) is 5.32 Å². The molecule has 8 heteroatoms. The highest BCUT2D eigenvalue weighted by Crippen LogP contribution is 2.21. The summed E-state index contributed by atoms with van der Waals surface area (Å²) in [6.07, 6.45) is -0.870. The highest BCUT2D eigenvalue weighted by Gasteiger charge is 2.43. The zero-order valence-electron chi connectivity index (χ0n) is 10.5. The summed E-state index contributed by atoms with van der Waals surface area (Å²) in [6.45, 7) is 5.04. The van der Waals surface area contributed by atoms with Crippen molar-refractivity contribution >= 4 is 21.9 Å². The number of sulfone groups is 1. The van der Waals surface area contributed by atoms with Crippen LogP contribution in [-0.4, -0.2) is 48.2 Å². The van der Waals surface area contributed by atoms with Crippen LogP contribution in [0.2, 0.25) is 0 Å². The van der Waals surface area contributed by atoms with Gasteiger partial charge in [0, 0.05) is 6.04 Å². The lowest BCUT2D eigenvalue weighted by molar-refractivity contribution is -0.136. The molecular formula is C10H17NO6S. The number of amides is 1. The second-order valence-electron chi connectivity index (χ2n) is 5.24. The molecule has 1 amide bonds. The first-order valence-electron chi connectivity index (χ1n) is 5.45. The molecule has 2 N–H and O–H groups in total. The van der Waals surface area contributed by atoms with Crippen LogP contribution >= 0.6 is 0 Å². The topological polar surface area (TPSA) is 110 Å². The van der Waals surface area contributed by atoms with Crippen molar-refractivity contribution in [3.63, 3.8) is 0 Å². The lowest BCUT2D eigenvalue weighted by Crippen LogP contribution is -2.39. The van der Waals surface area contributed by atoms with E-state index in [1.54, 1.807) is 20.8 Å². The van der Waals surface area contributed by atoms with Gasteiger partial charge in [0.1, 0.15) is 5.60 Å². The van der Waals surface area contributed by atoms with Crippen molar-refractivity contribution in [1.82, 2.24) is 5.32 Å². The van der Waals surface area contributed by atoms with E-state index in [1.165, 1.54) is 0 Å². The molecule has 1 aliphatic rings. The van der Waals surface area contributed by atoms with E-state index in [1.807, 2.05) is 0 Å². The summed E-state index contributed by atoms with van der Waals surface area (Å²) in [4.78, 5) is 22.2. The highest BCUT2D eigenvalue weighted by molar-refractivity contribution is 7.93. The van der Waals surface area contributed by atoms with Gasteiger partial charge >= 0.3 is 12.1 Å². The second-order valence-corrected chi connectivity index (χ2v) is 7.46. The fraction of sp³-hybridized carbons (Fsp3) is 0.800. The fourth-order valence-electron chi connectivity index (χ4n) is 1.70. The molecule has 0 aromatic rings. The summed E-state index contributed by atoms with van der Waals surface area (Å²) in [5, 5.41) is 9.69. The smallest absolute Gasteiger partial charge is 0.407 e. The number of carbonyl (C=O) groups excluding carboxylic acids is 1. The number of carboxylic acids is 1. The minimum Gasteiger partial charge on any atom is -0.480 e. The van der Waals surface area contributed by atoms with Crippen LogP contribution in [0, 0.1) is 0 Å². The molecule has 0 aromatic carbocycles. The van der Waals surface area contributed by atoms with Crippen LogP contribution in [0.1, 0.15) is 27.2 Å². The molecule has 7 nitrogen and oxygen atoms in total. The van der Waals surface area contributed by atoms with Gasteiger partial charge < -0.3 is 15.2 Å². The Morgan fingerprint density at radius 3 is 2.28 bits per heavy atom. The maximum Gasteiger partial charge on any atom is 0.407 e. The van der Waals surface area contributed by atoms with Gasteiger partial charge in [-0.05, 0) is 27.2 Å². The van der Waals surface area contributed by atoms with E-state index in [9.17, 15) is 18.0 Å². The first kappa shape index (κ1) is 14.7. The van der Waals surface area contributed by atoms with E-state index >= 15 is 0 Å². The molecule has 1 saturated heterocycles. The van der Waals surface area contributed by atoms with Crippen molar-refractivity contribution in [2.75, 3.05) is 5.75 Å². The molecule has 2 unspecified atom stereocenters. The van der Waals surface area contributed by atoms with Gasteiger partial charge in [0.05, 0.1) is 5.75 Å². The van der Waals surface area contributed by atoms with E-state index in [0.29, 0.717) is 0 Å². The van der Waals surface area contributed by atoms with E-state index in [4.69, 9.17) is 9.84 Å². The Hall–Kier alpha value is -1.31. The van der Waals surface area contributed by atoms with E-state index < -0.39 is 38.8 Å². The van der Waals surface area contributed by atoms with Crippen molar-refractivity contribution < 1.29 is 27.9 Å². The molecule has 0 aliphatic carbocycles. The summed E-state index contributed by atoms with van der Waals surface area (Å²) < 4.78 is 28.0. The number of carbonyl (C=O) groups is 2. The Morgan fingerprint density at radius 2 is 1.89 bits per heavy atom. The zero-order chi connectivity index (χ0) is 14.1. The summed E-state index contributed by atoms with van der Waals surface area (Å²) in [6, 6.07) is -0.717. The second kappa shape index (κ2) is 4.75. The third kappa shape index (κ3) is 3.86. The van der Waals surface area contributed by atoms with Crippen molar-refractivity contribution in [3.8, 4) is 0 Å². The first-order valence-corrected chi connectivity index (χ1v) is 7.17. The molecule has 0 aromatic heterocycles. The number of nitrogens with one attached hydrogen (secondary N) is 1. The standard InChI is InChI=1S/C10H17NO6S/c1-10(2,3)17-9(14)11-6-4-7(8(12)13)18(15,16)5-6/h6-7H,4-5H2,1-3H3,(H,11,14)(H,12,13). The number of aliphatic carboxylic acids is 1. The third-order valence-electron chi connectivity index (χ3n) is 2.36. The molecule has 0 bridgehead atoms. The molecule has 1 rings (SSSR count). The van der Waals surface area contributed by atoms with E-state index in [-0.39, 0.29) is 12.2 Å². The Kier molecular flexibility index (Phi) is 3.89. The lowest BCUT2D eigenvalue weighted by atomic mass is 10.2. The quantitative estimate of drug-likeness (QED) is 0.744. The van der Waals surface area contributed by atoms with Crippen LogP contribution in [0.3, 0.4) is 0 Å². The largest absolute Gasteiger partial charge is 0.480 e. The summed E-state index contributed by atoms with van der Waals surface area (Å²) in [5.41, 5.74) is -0.687. The predicted molar refractivity (Wildman–Crippen MR) is 63.0 cm³/mol. The first-order chi connectivity index (χ1) is 8.01. The molecule has 2 atom stereocenters. The van der Waals surface area contributed by atoms with Crippen molar-refractivity contribution in [2.24, 2.45) is 0 Å². The van der Waals surface area contributed by atoms with Gasteiger partial charge in [-0.3, -0.25) is 4.79 Å². The zero-order valence-corrected chi connectivity index (χ0v) is 11.3. The number of alkyl carbamates (subject to hydrolysis) is 1. The Morgan fingerprint density at radius 1 is 1.33 bits per heavy atom. The van der Waals surface area contributed by atoms with Crippen molar-refractivity contribution in [1.29, 1.82) is 0 Å². The number of ether oxygens (including phenoxy) is 1. The fourth-order valence-corrected chi connectivity index (χ4v) is 3.54. The van der Waals surface area contributed by atoms with Gasteiger partial charge in [0.2, 0.25) is 0 Å². The molecule has 1 aliphatic heterocycles. The van der Waals surface area contributed by atoms with Crippen LogP contribution in [0.5, 0.6) is 0 Å². The number of carboxylic acid groups (broad SMARTS) is 1. The summed E-state index contributed by atoms with van der Waals surface area (Å²) in [7, 11) is -3.69. The van der Waals surface area contributed by atoms with Gasteiger partial charge in [-0.1, -0.05) is 0 Å². The van der Waals surface area contributed by atoms with Crippen LogP contribution in [0.25, 0.3) is 0 Å². The van der Waals surface area contributed by atoms with Crippen LogP contribution in [-0.2, 0) is 19.4 Å². The number of hydrogen-bond acceptors (Lipinski definition) is 5. The third-order valence-corrected chi connectivity index (χ3v) is 4.49. The molecule has 0 radical (unpaired) electrons. The van der Waals surface area contributed by atoms with Crippen molar-refractivity contribution in [3.05, 3.63) is 0 Å². The van der Waals surface area contributed by atoms with Gasteiger partial charge in [-0.2, -0.15) is 0 Å². The van der Waals surface area contributed by atoms with Crippen LogP contribution in [0.4, 0.5) is 4.79 Å². The van der Waals surface area contributed by atoms with Gasteiger partial charge in [0.15, 0.2) is 15.1 Å². The maximum absolute atomic E-state index is 11.5. The molecule has 18 heavy (non-hydrogen) atoms. The average Bonchev–Trinajstić information content (AvgIpc) is 2.36. The monoisotopic (exact) mass is 279 g/mol. The molecular weight excluding hydrogens is 262 g/mol. The summed E-state index contributed by atoms with van der Waals surface area (Å²) in [5.74, 6) is -1.76. The molecule has 0 saturated carbocycles. The van der Waals surface area contributed by atoms with Gasteiger partial charge in [-0.15, -0.1) is 0 Å². The lowest BCUT2D eigenvalue weighted by Gasteiger charge is -2.21. The van der Waals surface area contributed by atoms with E-state index in [0.717, 1.165) is 0 Å².